The van der Waals surface area contributed by atoms with Crippen LogP contribution >= 0.6 is 0 Å². The highest BCUT2D eigenvalue weighted by atomic mass is 16.2. The van der Waals surface area contributed by atoms with Gasteiger partial charge < -0.3 is 15.5 Å². The molecular weight excluding hydrogens is 356 g/mol. The number of urea groups is 1. The third-order valence-electron chi connectivity index (χ3n) is 5.96. The molecule has 2 aliphatic rings. The fourth-order valence-electron chi connectivity index (χ4n) is 4.10. The first-order valence-corrected chi connectivity index (χ1v) is 10.2. The van der Waals surface area contributed by atoms with E-state index in [0.29, 0.717) is 24.4 Å². The van der Waals surface area contributed by atoms with E-state index in [1.807, 2.05) is 24.3 Å². The van der Waals surface area contributed by atoms with Gasteiger partial charge in [0.2, 0.25) is 5.91 Å². The van der Waals surface area contributed by atoms with Crippen LogP contribution in [-0.4, -0.2) is 47.9 Å². The molecule has 0 aromatic heterocycles. The summed E-state index contributed by atoms with van der Waals surface area (Å²) in [4.78, 5) is 40.8. The predicted molar refractivity (Wildman–Crippen MR) is 109 cm³/mol. The fourth-order valence-corrected chi connectivity index (χ4v) is 4.10. The summed E-state index contributed by atoms with van der Waals surface area (Å²) in [7, 11) is 0. The van der Waals surface area contributed by atoms with Crippen LogP contribution in [0.5, 0.6) is 0 Å². The number of imide groups is 1. The van der Waals surface area contributed by atoms with E-state index in [9.17, 15) is 14.4 Å². The number of carbonyl (C=O) groups excluding carboxylic acids is 3. The Morgan fingerprint density at radius 3 is 2.36 bits per heavy atom. The van der Waals surface area contributed by atoms with Gasteiger partial charge in [0.05, 0.1) is 0 Å². The smallest absolute Gasteiger partial charge is 0.325 e. The minimum absolute atomic E-state index is 0.264. The highest BCUT2D eigenvalue weighted by Gasteiger charge is 2.52. The van der Waals surface area contributed by atoms with Crippen LogP contribution in [0.15, 0.2) is 24.3 Å². The number of rotatable bonds is 6. The molecule has 0 atom stereocenters. The van der Waals surface area contributed by atoms with Crippen molar-refractivity contribution in [1.82, 2.24) is 10.2 Å². The van der Waals surface area contributed by atoms with Crippen molar-refractivity contribution in [3.8, 4) is 0 Å². The molecule has 1 saturated heterocycles. The van der Waals surface area contributed by atoms with Crippen molar-refractivity contribution in [2.45, 2.75) is 52.0 Å². The van der Waals surface area contributed by atoms with Gasteiger partial charge in [-0.3, -0.25) is 14.5 Å². The molecule has 0 bridgehead atoms. The van der Waals surface area contributed by atoms with Crippen LogP contribution in [0.2, 0.25) is 0 Å². The second-order valence-electron chi connectivity index (χ2n) is 7.85. The van der Waals surface area contributed by atoms with E-state index in [0.717, 1.165) is 36.5 Å². The van der Waals surface area contributed by atoms with E-state index in [2.05, 4.69) is 36.3 Å². The largest absolute Gasteiger partial charge is 0.372 e. The maximum absolute atomic E-state index is 12.8. The summed E-state index contributed by atoms with van der Waals surface area (Å²) in [6.07, 6.45) is 3.10. The van der Waals surface area contributed by atoms with Crippen molar-refractivity contribution in [3.05, 3.63) is 24.3 Å². The molecule has 1 aliphatic carbocycles. The molecule has 1 aromatic carbocycles. The number of nitrogens with one attached hydrogen (secondary N) is 2. The monoisotopic (exact) mass is 386 g/mol. The van der Waals surface area contributed by atoms with Gasteiger partial charge in [0.15, 0.2) is 0 Å². The number of carbonyl (C=O) groups is 3. The van der Waals surface area contributed by atoms with Crippen molar-refractivity contribution < 1.29 is 14.4 Å². The number of amides is 4. The maximum atomic E-state index is 12.8. The SMILES string of the molecule is CCN(CC)c1ccc(NC(=O)CN2C(=O)NC3(CCC(C)CC3)C2=O)cc1. The van der Waals surface area contributed by atoms with Gasteiger partial charge in [-0.2, -0.15) is 0 Å². The van der Waals surface area contributed by atoms with Gasteiger partial charge >= 0.3 is 6.03 Å². The van der Waals surface area contributed by atoms with E-state index in [1.54, 1.807) is 0 Å². The summed E-state index contributed by atoms with van der Waals surface area (Å²) in [6, 6.07) is 7.11. The topological polar surface area (TPSA) is 81.8 Å². The molecule has 0 unspecified atom stereocenters. The first-order chi connectivity index (χ1) is 13.4. The zero-order valence-electron chi connectivity index (χ0n) is 17.0. The van der Waals surface area contributed by atoms with E-state index < -0.39 is 11.6 Å². The first-order valence-electron chi connectivity index (χ1n) is 10.2. The summed E-state index contributed by atoms with van der Waals surface area (Å²) in [5.74, 6) is -0.0799. The Morgan fingerprint density at radius 1 is 1.18 bits per heavy atom. The Morgan fingerprint density at radius 2 is 1.79 bits per heavy atom. The van der Waals surface area contributed by atoms with Crippen LogP contribution in [0.25, 0.3) is 0 Å². The Hall–Kier alpha value is -2.57. The second kappa shape index (κ2) is 8.20. The van der Waals surface area contributed by atoms with Crippen LogP contribution in [0.3, 0.4) is 0 Å². The summed E-state index contributed by atoms with van der Waals surface area (Å²) in [5.41, 5.74) is 0.926. The van der Waals surface area contributed by atoms with Gasteiger partial charge in [-0.15, -0.1) is 0 Å². The van der Waals surface area contributed by atoms with Crippen molar-refractivity contribution in [1.29, 1.82) is 0 Å². The molecule has 2 N–H and O–H groups in total. The number of hydrogen-bond acceptors (Lipinski definition) is 4. The highest BCUT2D eigenvalue weighted by Crippen LogP contribution is 2.36. The Labute approximate surface area is 166 Å². The standard InChI is InChI=1S/C21H30N4O3/c1-4-24(5-2)17-8-6-16(7-9-17)22-18(26)14-25-19(27)21(23-20(25)28)12-10-15(3)11-13-21/h6-9,15H,4-5,10-14H2,1-3H3,(H,22,26)(H,23,28). The van der Waals surface area contributed by atoms with Gasteiger partial charge in [-0.05, 0) is 69.7 Å². The molecule has 3 rings (SSSR count). The molecule has 1 heterocycles. The highest BCUT2D eigenvalue weighted by molar-refractivity contribution is 6.10. The van der Waals surface area contributed by atoms with Gasteiger partial charge in [0, 0.05) is 24.5 Å². The quantitative estimate of drug-likeness (QED) is 0.737. The van der Waals surface area contributed by atoms with Crippen LogP contribution in [0.4, 0.5) is 16.2 Å². The molecule has 28 heavy (non-hydrogen) atoms. The van der Waals surface area contributed by atoms with E-state index in [1.165, 1.54) is 0 Å². The number of benzene rings is 1. The van der Waals surface area contributed by atoms with E-state index in [4.69, 9.17) is 0 Å². The molecule has 7 heteroatoms. The van der Waals surface area contributed by atoms with Crippen molar-refractivity contribution in [2.75, 3.05) is 29.9 Å². The molecule has 4 amide bonds. The summed E-state index contributed by atoms with van der Waals surface area (Å²) >= 11 is 0. The average Bonchev–Trinajstić information content (AvgIpc) is 2.91. The third-order valence-corrected chi connectivity index (χ3v) is 5.96. The minimum atomic E-state index is -0.810. The Kier molecular flexibility index (Phi) is 5.91. The van der Waals surface area contributed by atoms with Crippen molar-refractivity contribution in [3.63, 3.8) is 0 Å². The second-order valence-corrected chi connectivity index (χ2v) is 7.85. The van der Waals surface area contributed by atoms with Gasteiger partial charge in [0.1, 0.15) is 12.1 Å². The summed E-state index contributed by atoms with van der Waals surface area (Å²) < 4.78 is 0. The molecule has 1 aromatic rings. The molecular formula is C21H30N4O3. The average molecular weight is 386 g/mol. The lowest BCUT2D eigenvalue weighted by Gasteiger charge is -2.33. The lowest BCUT2D eigenvalue weighted by molar-refractivity contribution is -0.135. The molecule has 7 nitrogen and oxygen atoms in total. The number of anilines is 2. The summed E-state index contributed by atoms with van der Waals surface area (Å²) in [6.45, 7) is 7.91. The molecule has 0 radical (unpaired) electrons. The number of hydrogen-bond donors (Lipinski definition) is 2. The van der Waals surface area contributed by atoms with Crippen LogP contribution in [0, 0.1) is 5.92 Å². The van der Waals surface area contributed by atoms with Gasteiger partial charge in [-0.1, -0.05) is 6.92 Å². The predicted octanol–water partition coefficient (Wildman–Crippen LogP) is 2.97. The van der Waals surface area contributed by atoms with E-state index in [-0.39, 0.29) is 18.4 Å². The van der Waals surface area contributed by atoms with E-state index >= 15 is 0 Å². The zero-order valence-corrected chi connectivity index (χ0v) is 17.0. The normalized spacial score (nSPS) is 24.4. The summed E-state index contributed by atoms with van der Waals surface area (Å²) in [5, 5.41) is 5.62. The number of nitrogens with zero attached hydrogens (tertiary/aromatic N) is 2. The minimum Gasteiger partial charge on any atom is -0.372 e. The van der Waals surface area contributed by atoms with Crippen LogP contribution in [0.1, 0.15) is 46.5 Å². The van der Waals surface area contributed by atoms with Gasteiger partial charge in [-0.25, -0.2) is 4.79 Å². The Balaban J connectivity index is 1.60. The molecule has 1 spiro atoms. The van der Waals surface area contributed by atoms with Crippen LogP contribution in [-0.2, 0) is 9.59 Å². The molecule has 2 fully saturated rings. The molecule has 152 valence electrons. The fraction of sp³-hybridized carbons (Fsp3) is 0.571. The third kappa shape index (κ3) is 3.98. The lowest BCUT2D eigenvalue weighted by atomic mass is 9.77. The van der Waals surface area contributed by atoms with Crippen molar-refractivity contribution >= 4 is 29.2 Å². The zero-order chi connectivity index (χ0) is 20.3. The molecule has 1 aliphatic heterocycles. The van der Waals surface area contributed by atoms with Crippen LogP contribution < -0.4 is 15.5 Å². The maximum Gasteiger partial charge on any atom is 0.325 e. The molecule has 1 saturated carbocycles. The van der Waals surface area contributed by atoms with Crippen molar-refractivity contribution in [2.24, 2.45) is 5.92 Å². The lowest BCUT2D eigenvalue weighted by Crippen LogP contribution is -2.49. The van der Waals surface area contributed by atoms with Gasteiger partial charge in [0.25, 0.3) is 5.91 Å². The Bertz CT molecular complexity index is 735. The first kappa shape index (κ1) is 20.2.